The number of carbonyl (C=O) groups is 1. The van der Waals surface area contributed by atoms with E-state index in [0.717, 1.165) is 30.2 Å². The van der Waals surface area contributed by atoms with Gasteiger partial charge in [-0.3, -0.25) is 9.69 Å². The first-order valence-corrected chi connectivity index (χ1v) is 9.42. The Morgan fingerprint density at radius 1 is 1.04 bits per heavy atom. The first kappa shape index (κ1) is 18.3. The second-order valence-electron chi connectivity index (χ2n) is 6.97. The standard InChI is InChI=1S/C22H24N4O2/c1-17-22(27)26(20-7-9-21(28-2)10-8-20)14-13-24(17)15-18-3-5-19(6-4-18)25-12-11-23-16-25/h3-12,16-17H,13-15H2,1-2H3/t17-/m0/s1. The fourth-order valence-corrected chi connectivity index (χ4v) is 3.57. The fourth-order valence-electron chi connectivity index (χ4n) is 3.57. The van der Waals surface area contributed by atoms with Gasteiger partial charge in [-0.05, 0) is 48.9 Å². The molecule has 1 aromatic heterocycles. The van der Waals surface area contributed by atoms with Crippen molar-refractivity contribution < 1.29 is 9.53 Å². The maximum absolute atomic E-state index is 12.9. The summed E-state index contributed by atoms with van der Waals surface area (Å²) in [6.45, 7) is 4.26. The Bertz CT molecular complexity index is 920. The highest BCUT2D eigenvalue weighted by Gasteiger charge is 2.32. The Morgan fingerprint density at radius 3 is 2.39 bits per heavy atom. The Labute approximate surface area is 165 Å². The first-order valence-electron chi connectivity index (χ1n) is 9.42. The molecule has 1 aliphatic heterocycles. The third kappa shape index (κ3) is 3.64. The fraction of sp³-hybridized carbons (Fsp3) is 0.273. The van der Waals surface area contributed by atoms with Crippen LogP contribution < -0.4 is 9.64 Å². The van der Waals surface area contributed by atoms with Crippen molar-refractivity contribution in [1.29, 1.82) is 0 Å². The van der Waals surface area contributed by atoms with Crippen molar-refractivity contribution in [1.82, 2.24) is 14.5 Å². The molecule has 1 saturated heterocycles. The summed E-state index contributed by atoms with van der Waals surface area (Å²) < 4.78 is 7.18. The highest BCUT2D eigenvalue weighted by atomic mass is 16.5. The molecule has 4 rings (SSSR count). The summed E-state index contributed by atoms with van der Waals surface area (Å²) in [5.74, 6) is 0.925. The van der Waals surface area contributed by atoms with Crippen molar-refractivity contribution in [3.8, 4) is 11.4 Å². The molecule has 3 aromatic rings. The molecular weight excluding hydrogens is 352 g/mol. The number of piperazine rings is 1. The lowest BCUT2D eigenvalue weighted by atomic mass is 10.1. The van der Waals surface area contributed by atoms with E-state index >= 15 is 0 Å². The molecular formula is C22H24N4O2. The van der Waals surface area contributed by atoms with Gasteiger partial charge in [-0.1, -0.05) is 12.1 Å². The number of nitrogens with zero attached hydrogens (tertiary/aromatic N) is 4. The number of benzene rings is 2. The number of hydrogen-bond donors (Lipinski definition) is 0. The number of anilines is 1. The number of amides is 1. The lowest BCUT2D eigenvalue weighted by molar-refractivity contribution is -0.125. The van der Waals surface area contributed by atoms with Gasteiger partial charge in [0.05, 0.1) is 19.5 Å². The highest BCUT2D eigenvalue weighted by Crippen LogP contribution is 2.24. The zero-order valence-electron chi connectivity index (χ0n) is 16.2. The summed E-state index contributed by atoms with van der Waals surface area (Å²) in [6.07, 6.45) is 5.48. The molecule has 0 spiro atoms. The topological polar surface area (TPSA) is 50.6 Å². The molecule has 1 fully saturated rings. The van der Waals surface area contributed by atoms with Crippen molar-refractivity contribution in [2.24, 2.45) is 0 Å². The summed E-state index contributed by atoms with van der Waals surface area (Å²) >= 11 is 0. The van der Waals surface area contributed by atoms with Gasteiger partial charge in [0, 0.05) is 43.4 Å². The van der Waals surface area contributed by atoms with Gasteiger partial charge < -0.3 is 14.2 Å². The van der Waals surface area contributed by atoms with Crippen LogP contribution in [0.1, 0.15) is 12.5 Å². The zero-order valence-corrected chi connectivity index (χ0v) is 16.2. The van der Waals surface area contributed by atoms with E-state index in [4.69, 9.17) is 4.74 Å². The molecule has 2 aromatic carbocycles. The van der Waals surface area contributed by atoms with E-state index in [1.165, 1.54) is 5.56 Å². The number of rotatable bonds is 5. The molecule has 6 nitrogen and oxygen atoms in total. The van der Waals surface area contributed by atoms with Gasteiger partial charge in [-0.2, -0.15) is 0 Å². The second kappa shape index (κ2) is 7.86. The average molecular weight is 376 g/mol. The Kier molecular flexibility index (Phi) is 5.12. The van der Waals surface area contributed by atoms with Crippen LogP contribution in [0.25, 0.3) is 5.69 Å². The van der Waals surface area contributed by atoms with Crippen LogP contribution in [-0.4, -0.2) is 46.6 Å². The molecule has 1 atom stereocenters. The van der Waals surface area contributed by atoms with Crippen molar-refractivity contribution in [2.75, 3.05) is 25.1 Å². The second-order valence-corrected chi connectivity index (χ2v) is 6.97. The van der Waals surface area contributed by atoms with E-state index in [-0.39, 0.29) is 11.9 Å². The molecule has 144 valence electrons. The number of imidazole rings is 1. The number of hydrogen-bond acceptors (Lipinski definition) is 4. The van der Waals surface area contributed by atoms with Crippen molar-refractivity contribution >= 4 is 11.6 Å². The van der Waals surface area contributed by atoms with Gasteiger partial charge in [0.2, 0.25) is 5.91 Å². The number of carbonyl (C=O) groups excluding carboxylic acids is 1. The predicted molar refractivity (Wildman–Crippen MR) is 109 cm³/mol. The summed E-state index contributed by atoms with van der Waals surface area (Å²) in [6, 6.07) is 15.9. The minimum atomic E-state index is -0.163. The zero-order chi connectivity index (χ0) is 19.5. The van der Waals surface area contributed by atoms with Crippen LogP contribution in [0, 0.1) is 0 Å². The third-order valence-electron chi connectivity index (χ3n) is 5.29. The maximum atomic E-state index is 12.9. The molecule has 0 bridgehead atoms. The molecule has 1 aliphatic rings. The Morgan fingerprint density at radius 2 is 1.75 bits per heavy atom. The molecule has 0 aliphatic carbocycles. The first-order chi connectivity index (χ1) is 13.7. The average Bonchev–Trinajstić information content (AvgIpc) is 3.27. The van der Waals surface area contributed by atoms with Gasteiger partial charge in [0.1, 0.15) is 5.75 Å². The predicted octanol–water partition coefficient (Wildman–Crippen LogP) is 3.12. The van der Waals surface area contributed by atoms with Gasteiger partial charge in [-0.25, -0.2) is 4.98 Å². The van der Waals surface area contributed by atoms with Crippen LogP contribution in [0.15, 0.2) is 67.3 Å². The molecule has 28 heavy (non-hydrogen) atoms. The van der Waals surface area contributed by atoms with E-state index in [2.05, 4.69) is 34.1 Å². The molecule has 0 radical (unpaired) electrons. The Hall–Kier alpha value is -3.12. The van der Waals surface area contributed by atoms with Crippen LogP contribution in [-0.2, 0) is 11.3 Å². The molecule has 1 amide bonds. The molecule has 0 N–H and O–H groups in total. The van der Waals surface area contributed by atoms with Crippen LogP contribution in [0.5, 0.6) is 5.75 Å². The molecule has 0 saturated carbocycles. The van der Waals surface area contributed by atoms with Crippen LogP contribution >= 0.6 is 0 Å². The van der Waals surface area contributed by atoms with E-state index in [1.807, 2.05) is 46.9 Å². The van der Waals surface area contributed by atoms with Crippen molar-refractivity contribution in [3.05, 3.63) is 72.8 Å². The highest BCUT2D eigenvalue weighted by molar-refractivity contribution is 5.97. The summed E-state index contributed by atoms with van der Waals surface area (Å²) in [5, 5.41) is 0. The number of ether oxygens (including phenoxy) is 1. The van der Waals surface area contributed by atoms with E-state index in [0.29, 0.717) is 6.54 Å². The van der Waals surface area contributed by atoms with Crippen molar-refractivity contribution in [2.45, 2.75) is 19.5 Å². The SMILES string of the molecule is COc1ccc(N2CCN(Cc3ccc(-n4ccnc4)cc3)[C@@H](C)C2=O)cc1. The number of methoxy groups -OCH3 is 1. The normalized spacial score (nSPS) is 17.7. The minimum Gasteiger partial charge on any atom is -0.497 e. The van der Waals surface area contributed by atoms with Gasteiger partial charge in [-0.15, -0.1) is 0 Å². The maximum Gasteiger partial charge on any atom is 0.244 e. The summed E-state index contributed by atoms with van der Waals surface area (Å²) in [7, 11) is 1.64. The monoisotopic (exact) mass is 376 g/mol. The molecule has 6 heteroatoms. The lowest BCUT2D eigenvalue weighted by Gasteiger charge is -2.39. The largest absolute Gasteiger partial charge is 0.497 e. The quantitative estimate of drug-likeness (QED) is 0.687. The number of aromatic nitrogens is 2. The van der Waals surface area contributed by atoms with Crippen LogP contribution in [0.2, 0.25) is 0 Å². The van der Waals surface area contributed by atoms with E-state index < -0.39 is 0 Å². The van der Waals surface area contributed by atoms with Crippen LogP contribution in [0.4, 0.5) is 5.69 Å². The summed E-state index contributed by atoms with van der Waals surface area (Å²) in [4.78, 5) is 21.1. The van der Waals surface area contributed by atoms with Gasteiger partial charge in [0.15, 0.2) is 0 Å². The molecule has 2 heterocycles. The van der Waals surface area contributed by atoms with Crippen molar-refractivity contribution in [3.63, 3.8) is 0 Å². The lowest BCUT2D eigenvalue weighted by Crippen LogP contribution is -2.55. The molecule has 0 unspecified atom stereocenters. The van der Waals surface area contributed by atoms with Gasteiger partial charge in [0.25, 0.3) is 0 Å². The van der Waals surface area contributed by atoms with Gasteiger partial charge >= 0.3 is 0 Å². The smallest absolute Gasteiger partial charge is 0.244 e. The van der Waals surface area contributed by atoms with E-state index in [9.17, 15) is 4.79 Å². The van der Waals surface area contributed by atoms with Crippen LogP contribution in [0.3, 0.4) is 0 Å². The third-order valence-corrected chi connectivity index (χ3v) is 5.29. The summed E-state index contributed by atoms with van der Waals surface area (Å²) in [5.41, 5.74) is 3.19. The van der Waals surface area contributed by atoms with E-state index in [1.54, 1.807) is 19.6 Å². The Balaban J connectivity index is 1.42. The minimum absolute atomic E-state index is 0.131.